The van der Waals surface area contributed by atoms with E-state index in [2.05, 4.69) is 18.3 Å². The number of halogens is 1. The van der Waals surface area contributed by atoms with E-state index in [1.807, 2.05) is 18.2 Å². The Morgan fingerprint density at radius 1 is 1.20 bits per heavy atom. The third kappa shape index (κ3) is 2.41. The molecule has 0 heterocycles. The van der Waals surface area contributed by atoms with E-state index in [-0.39, 0.29) is 17.9 Å². The predicted octanol–water partition coefficient (Wildman–Crippen LogP) is 3.87. The molecule has 3 heteroatoms. The first kappa shape index (κ1) is 13.1. The van der Waals surface area contributed by atoms with Gasteiger partial charge < -0.3 is 10.4 Å². The molecule has 2 atom stereocenters. The van der Waals surface area contributed by atoms with E-state index in [0.717, 1.165) is 24.0 Å². The summed E-state index contributed by atoms with van der Waals surface area (Å²) in [7, 11) is 0. The molecule has 0 saturated heterocycles. The lowest BCUT2D eigenvalue weighted by Gasteiger charge is -2.21. The number of hydrogen-bond acceptors (Lipinski definition) is 2. The van der Waals surface area contributed by atoms with Crippen molar-refractivity contribution in [3.63, 3.8) is 0 Å². The van der Waals surface area contributed by atoms with Gasteiger partial charge in [-0.25, -0.2) is 4.39 Å². The fourth-order valence-electron chi connectivity index (χ4n) is 2.96. The van der Waals surface area contributed by atoms with Crippen LogP contribution in [0.15, 0.2) is 42.5 Å². The van der Waals surface area contributed by atoms with Crippen molar-refractivity contribution in [1.29, 1.82) is 0 Å². The molecular formula is C17H18FNO. The molecule has 104 valence electrons. The number of benzene rings is 2. The second kappa shape index (κ2) is 5.25. The Morgan fingerprint density at radius 2 is 1.95 bits per heavy atom. The average molecular weight is 271 g/mol. The van der Waals surface area contributed by atoms with Crippen molar-refractivity contribution < 1.29 is 9.50 Å². The summed E-state index contributed by atoms with van der Waals surface area (Å²) in [5, 5.41) is 13.4. The molecule has 0 aliphatic heterocycles. The summed E-state index contributed by atoms with van der Waals surface area (Å²) in [5.41, 5.74) is 3.30. The highest BCUT2D eigenvalue weighted by atomic mass is 19.1. The van der Waals surface area contributed by atoms with Crippen LogP contribution in [-0.2, 0) is 6.42 Å². The quantitative estimate of drug-likeness (QED) is 0.888. The van der Waals surface area contributed by atoms with Crippen LogP contribution in [0.1, 0.15) is 42.1 Å². The molecule has 2 aromatic rings. The summed E-state index contributed by atoms with van der Waals surface area (Å²) in [6.45, 7) is 2.08. The van der Waals surface area contributed by atoms with Crippen LogP contribution in [0.5, 0.6) is 5.75 Å². The number of fused-ring (bicyclic) bond motifs is 1. The standard InChI is InChI=1S/C17H18FNO/c1-11(12-5-7-13(18)8-6-12)19-16-10-9-15-14(16)3-2-4-17(15)20/h2-8,11,16,19-20H,9-10H2,1H3. The Balaban J connectivity index is 1.77. The van der Waals surface area contributed by atoms with Crippen molar-refractivity contribution in [3.8, 4) is 5.75 Å². The van der Waals surface area contributed by atoms with Gasteiger partial charge in [0.1, 0.15) is 11.6 Å². The fraction of sp³-hybridized carbons (Fsp3) is 0.294. The van der Waals surface area contributed by atoms with E-state index in [9.17, 15) is 9.50 Å². The number of rotatable bonds is 3. The molecule has 0 amide bonds. The van der Waals surface area contributed by atoms with Crippen molar-refractivity contribution in [2.24, 2.45) is 0 Å². The van der Waals surface area contributed by atoms with Gasteiger partial charge in [0.05, 0.1) is 0 Å². The lowest BCUT2D eigenvalue weighted by molar-refractivity contribution is 0.464. The summed E-state index contributed by atoms with van der Waals surface area (Å²) in [4.78, 5) is 0. The Bertz CT molecular complexity index is 609. The maximum Gasteiger partial charge on any atom is 0.123 e. The molecule has 2 aromatic carbocycles. The molecule has 0 fully saturated rings. The van der Waals surface area contributed by atoms with E-state index < -0.39 is 0 Å². The molecule has 0 spiro atoms. The van der Waals surface area contributed by atoms with Crippen molar-refractivity contribution in [2.75, 3.05) is 0 Å². The predicted molar refractivity (Wildman–Crippen MR) is 77.1 cm³/mol. The molecule has 0 aromatic heterocycles. The molecule has 3 rings (SSSR count). The zero-order chi connectivity index (χ0) is 14.1. The number of nitrogens with one attached hydrogen (secondary N) is 1. The minimum Gasteiger partial charge on any atom is -0.508 e. The molecule has 20 heavy (non-hydrogen) atoms. The van der Waals surface area contributed by atoms with Crippen LogP contribution in [0.4, 0.5) is 4.39 Å². The Kier molecular flexibility index (Phi) is 3.45. The molecule has 0 saturated carbocycles. The van der Waals surface area contributed by atoms with E-state index in [0.29, 0.717) is 5.75 Å². The minimum atomic E-state index is -0.211. The fourth-order valence-corrected chi connectivity index (χ4v) is 2.96. The molecule has 0 bridgehead atoms. The molecule has 2 nitrogen and oxygen atoms in total. The lowest BCUT2D eigenvalue weighted by atomic mass is 10.0. The van der Waals surface area contributed by atoms with E-state index in [4.69, 9.17) is 0 Å². The van der Waals surface area contributed by atoms with E-state index >= 15 is 0 Å². The van der Waals surface area contributed by atoms with Crippen LogP contribution in [0.3, 0.4) is 0 Å². The van der Waals surface area contributed by atoms with Crippen LogP contribution in [-0.4, -0.2) is 5.11 Å². The van der Waals surface area contributed by atoms with Gasteiger partial charge >= 0.3 is 0 Å². The molecule has 1 aliphatic rings. The summed E-state index contributed by atoms with van der Waals surface area (Å²) in [5.74, 6) is 0.179. The topological polar surface area (TPSA) is 32.3 Å². The average Bonchev–Trinajstić information content (AvgIpc) is 2.84. The SMILES string of the molecule is CC(NC1CCc2c(O)cccc21)c1ccc(F)cc1. The second-order valence-corrected chi connectivity index (χ2v) is 5.38. The smallest absolute Gasteiger partial charge is 0.123 e. The van der Waals surface area contributed by atoms with Crippen LogP contribution in [0.2, 0.25) is 0 Å². The first-order valence-electron chi connectivity index (χ1n) is 6.97. The van der Waals surface area contributed by atoms with Gasteiger partial charge in [0.15, 0.2) is 0 Å². The first-order chi connectivity index (χ1) is 9.65. The Morgan fingerprint density at radius 3 is 2.70 bits per heavy atom. The lowest BCUT2D eigenvalue weighted by Crippen LogP contribution is -2.23. The van der Waals surface area contributed by atoms with Gasteiger partial charge in [-0.15, -0.1) is 0 Å². The number of hydrogen-bond donors (Lipinski definition) is 2. The summed E-state index contributed by atoms with van der Waals surface area (Å²) < 4.78 is 12.9. The third-order valence-electron chi connectivity index (χ3n) is 4.07. The van der Waals surface area contributed by atoms with Crippen LogP contribution >= 0.6 is 0 Å². The first-order valence-corrected chi connectivity index (χ1v) is 6.97. The van der Waals surface area contributed by atoms with Crippen molar-refractivity contribution in [3.05, 3.63) is 65.0 Å². The van der Waals surface area contributed by atoms with Gasteiger partial charge in [-0.2, -0.15) is 0 Å². The zero-order valence-electron chi connectivity index (χ0n) is 11.4. The monoisotopic (exact) mass is 271 g/mol. The van der Waals surface area contributed by atoms with Crippen molar-refractivity contribution >= 4 is 0 Å². The molecule has 1 aliphatic carbocycles. The number of phenolic OH excluding ortho intramolecular Hbond substituents is 1. The van der Waals surface area contributed by atoms with Crippen LogP contribution in [0.25, 0.3) is 0 Å². The van der Waals surface area contributed by atoms with Crippen molar-refractivity contribution in [1.82, 2.24) is 5.32 Å². The highest BCUT2D eigenvalue weighted by molar-refractivity contribution is 5.44. The summed E-state index contributed by atoms with van der Waals surface area (Å²) >= 11 is 0. The highest BCUT2D eigenvalue weighted by Gasteiger charge is 2.25. The Labute approximate surface area is 118 Å². The van der Waals surface area contributed by atoms with E-state index in [1.165, 1.54) is 17.7 Å². The number of phenols is 1. The molecular weight excluding hydrogens is 253 g/mol. The van der Waals surface area contributed by atoms with Gasteiger partial charge in [-0.1, -0.05) is 24.3 Å². The van der Waals surface area contributed by atoms with E-state index in [1.54, 1.807) is 6.07 Å². The van der Waals surface area contributed by atoms with Gasteiger partial charge in [0, 0.05) is 12.1 Å². The normalized spacial score (nSPS) is 18.8. The Hall–Kier alpha value is -1.87. The van der Waals surface area contributed by atoms with Gasteiger partial charge in [-0.05, 0) is 54.7 Å². The highest BCUT2D eigenvalue weighted by Crippen LogP contribution is 2.37. The molecule has 2 unspecified atom stereocenters. The number of aromatic hydroxyl groups is 1. The molecule has 0 radical (unpaired) electrons. The van der Waals surface area contributed by atoms with Crippen LogP contribution < -0.4 is 5.32 Å². The maximum atomic E-state index is 12.9. The second-order valence-electron chi connectivity index (χ2n) is 5.38. The van der Waals surface area contributed by atoms with Crippen LogP contribution in [0, 0.1) is 5.82 Å². The van der Waals surface area contributed by atoms with Gasteiger partial charge in [0.2, 0.25) is 0 Å². The van der Waals surface area contributed by atoms with Gasteiger partial charge in [0.25, 0.3) is 0 Å². The zero-order valence-corrected chi connectivity index (χ0v) is 11.4. The maximum absolute atomic E-state index is 12.9. The largest absolute Gasteiger partial charge is 0.508 e. The molecule has 2 N–H and O–H groups in total. The minimum absolute atomic E-state index is 0.147. The summed E-state index contributed by atoms with van der Waals surface area (Å²) in [6, 6.07) is 12.7. The third-order valence-corrected chi connectivity index (χ3v) is 4.07. The summed E-state index contributed by atoms with van der Waals surface area (Å²) in [6.07, 6.45) is 1.88. The van der Waals surface area contributed by atoms with Crippen molar-refractivity contribution in [2.45, 2.75) is 31.8 Å². The van der Waals surface area contributed by atoms with Gasteiger partial charge in [-0.3, -0.25) is 0 Å².